The van der Waals surface area contributed by atoms with Crippen LogP contribution in [0, 0.1) is 0 Å². The van der Waals surface area contributed by atoms with E-state index in [2.05, 4.69) is 27.7 Å². The lowest BCUT2D eigenvalue weighted by Crippen LogP contribution is -2.62. The van der Waals surface area contributed by atoms with Crippen molar-refractivity contribution in [2.75, 3.05) is 26.2 Å². The van der Waals surface area contributed by atoms with E-state index in [1.807, 2.05) is 31.2 Å². The molecule has 7 nitrogen and oxygen atoms in total. The normalized spacial score (nSPS) is 17.5. The molecule has 144 valence electrons. The molecule has 2 aromatic rings. The van der Waals surface area contributed by atoms with Crippen LogP contribution in [0.2, 0.25) is 0 Å². The van der Waals surface area contributed by atoms with Gasteiger partial charge in [-0.15, -0.1) is 0 Å². The van der Waals surface area contributed by atoms with E-state index in [0.717, 1.165) is 13.1 Å². The summed E-state index contributed by atoms with van der Waals surface area (Å²) in [6, 6.07) is 13.0. The number of carbonyl (C=O) groups is 2. The van der Waals surface area contributed by atoms with Crippen molar-refractivity contribution in [3.63, 3.8) is 0 Å². The SMILES string of the molecule is CCNC(=O)N1CCN(Cc2ccccc2)CC1C(=O)NCc1ccco1. The van der Waals surface area contributed by atoms with E-state index in [-0.39, 0.29) is 11.9 Å². The van der Waals surface area contributed by atoms with Gasteiger partial charge < -0.3 is 20.0 Å². The zero-order chi connectivity index (χ0) is 19.1. The fourth-order valence-corrected chi connectivity index (χ4v) is 3.25. The van der Waals surface area contributed by atoms with E-state index < -0.39 is 6.04 Å². The molecule has 1 aliphatic rings. The standard InChI is InChI=1S/C20H26N4O3/c1-2-21-20(26)24-11-10-23(14-16-7-4-3-5-8-16)15-18(24)19(25)22-13-17-9-6-12-27-17/h3-9,12,18H,2,10-11,13-15H2,1H3,(H,21,26)(H,22,25). The molecule has 0 saturated carbocycles. The van der Waals surface area contributed by atoms with E-state index in [0.29, 0.717) is 31.9 Å². The first-order valence-corrected chi connectivity index (χ1v) is 9.28. The summed E-state index contributed by atoms with van der Waals surface area (Å²) in [5.74, 6) is 0.514. The summed E-state index contributed by atoms with van der Waals surface area (Å²) >= 11 is 0. The third kappa shape index (κ3) is 5.10. The predicted octanol–water partition coefficient (Wildman–Crippen LogP) is 1.81. The van der Waals surface area contributed by atoms with Gasteiger partial charge in [-0.2, -0.15) is 0 Å². The van der Waals surface area contributed by atoms with Gasteiger partial charge in [0, 0.05) is 32.7 Å². The molecule has 2 heterocycles. The minimum absolute atomic E-state index is 0.171. The van der Waals surface area contributed by atoms with Crippen LogP contribution in [0.3, 0.4) is 0 Å². The van der Waals surface area contributed by atoms with Gasteiger partial charge in [-0.1, -0.05) is 30.3 Å². The Labute approximate surface area is 159 Å². The fraction of sp³-hybridized carbons (Fsp3) is 0.400. The van der Waals surface area contributed by atoms with Gasteiger partial charge in [0.25, 0.3) is 0 Å². The molecule has 3 rings (SSSR count). The summed E-state index contributed by atoms with van der Waals surface area (Å²) in [6.07, 6.45) is 1.57. The van der Waals surface area contributed by atoms with Gasteiger partial charge in [-0.25, -0.2) is 4.79 Å². The Morgan fingerprint density at radius 3 is 2.63 bits per heavy atom. The Morgan fingerprint density at radius 2 is 1.93 bits per heavy atom. The van der Waals surface area contributed by atoms with Gasteiger partial charge in [0.05, 0.1) is 12.8 Å². The van der Waals surface area contributed by atoms with Gasteiger partial charge in [0.15, 0.2) is 0 Å². The monoisotopic (exact) mass is 370 g/mol. The first-order chi connectivity index (χ1) is 13.2. The smallest absolute Gasteiger partial charge is 0.318 e. The highest BCUT2D eigenvalue weighted by Crippen LogP contribution is 2.14. The molecule has 3 amide bonds. The summed E-state index contributed by atoms with van der Waals surface area (Å²) in [5, 5.41) is 5.69. The topological polar surface area (TPSA) is 77.8 Å². The van der Waals surface area contributed by atoms with Gasteiger partial charge in [-0.05, 0) is 24.6 Å². The Balaban J connectivity index is 1.66. The van der Waals surface area contributed by atoms with Crippen LogP contribution in [0.25, 0.3) is 0 Å². The first-order valence-electron chi connectivity index (χ1n) is 9.28. The second-order valence-electron chi connectivity index (χ2n) is 6.56. The highest BCUT2D eigenvalue weighted by Gasteiger charge is 2.35. The van der Waals surface area contributed by atoms with Crippen molar-refractivity contribution in [2.45, 2.75) is 26.1 Å². The molecule has 1 unspecified atom stereocenters. The predicted molar refractivity (Wildman–Crippen MR) is 102 cm³/mol. The van der Waals surface area contributed by atoms with Crippen LogP contribution in [-0.2, 0) is 17.9 Å². The molecular formula is C20H26N4O3. The fourth-order valence-electron chi connectivity index (χ4n) is 3.25. The van der Waals surface area contributed by atoms with E-state index in [1.54, 1.807) is 17.2 Å². The summed E-state index contributed by atoms with van der Waals surface area (Å²) in [6.45, 7) is 5.21. The molecular weight excluding hydrogens is 344 g/mol. The molecule has 1 atom stereocenters. The van der Waals surface area contributed by atoms with Crippen LogP contribution < -0.4 is 10.6 Å². The summed E-state index contributed by atoms with van der Waals surface area (Å²) in [5.41, 5.74) is 1.19. The molecule has 7 heteroatoms. The van der Waals surface area contributed by atoms with Crippen LogP contribution in [0.1, 0.15) is 18.2 Å². The number of rotatable bonds is 6. The zero-order valence-electron chi connectivity index (χ0n) is 15.6. The largest absolute Gasteiger partial charge is 0.467 e. The summed E-state index contributed by atoms with van der Waals surface area (Å²) in [7, 11) is 0. The summed E-state index contributed by atoms with van der Waals surface area (Å²) in [4.78, 5) is 29.1. The number of hydrogen-bond donors (Lipinski definition) is 2. The molecule has 0 bridgehead atoms. The van der Waals surface area contributed by atoms with Crippen LogP contribution in [0.4, 0.5) is 4.79 Å². The number of benzene rings is 1. The molecule has 0 radical (unpaired) electrons. The molecule has 1 fully saturated rings. The maximum absolute atomic E-state index is 12.8. The number of piperazine rings is 1. The summed E-state index contributed by atoms with van der Waals surface area (Å²) < 4.78 is 5.27. The first kappa shape index (κ1) is 19.0. The highest BCUT2D eigenvalue weighted by atomic mass is 16.3. The molecule has 0 spiro atoms. The minimum Gasteiger partial charge on any atom is -0.467 e. The maximum Gasteiger partial charge on any atom is 0.318 e. The average molecular weight is 370 g/mol. The van der Waals surface area contributed by atoms with Gasteiger partial charge in [-0.3, -0.25) is 9.69 Å². The lowest BCUT2D eigenvalue weighted by Gasteiger charge is -2.40. The Kier molecular flexibility index (Phi) is 6.49. The molecule has 0 aliphatic carbocycles. The second-order valence-corrected chi connectivity index (χ2v) is 6.56. The number of carbonyl (C=O) groups excluding carboxylic acids is 2. The van der Waals surface area contributed by atoms with Crippen LogP contribution in [0.5, 0.6) is 0 Å². The third-order valence-electron chi connectivity index (χ3n) is 4.62. The van der Waals surface area contributed by atoms with Crippen molar-refractivity contribution < 1.29 is 14.0 Å². The van der Waals surface area contributed by atoms with E-state index in [9.17, 15) is 9.59 Å². The third-order valence-corrected chi connectivity index (χ3v) is 4.62. The average Bonchev–Trinajstić information content (AvgIpc) is 3.20. The second kappa shape index (κ2) is 9.23. The quantitative estimate of drug-likeness (QED) is 0.813. The Bertz CT molecular complexity index is 733. The Hall–Kier alpha value is -2.80. The van der Waals surface area contributed by atoms with Crippen molar-refractivity contribution in [1.29, 1.82) is 0 Å². The minimum atomic E-state index is -0.538. The molecule has 1 saturated heterocycles. The zero-order valence-corrected chi connectivity index (χ0v) is 15.6. The number of urea groups is 1. The van der Waals surface area contributed by atoms with Crippen molar-refractivity contribution >= 4 is 11.9 Å². The van der Waals surface area contributed by atoms with Gasteiger partial charge in [0.1, 0.15) is 11.8 Å². The number of furan rings is 1. The number of amides is 3. The molecule has 27 heavy (non-hydrogen) atoms. The molecule has 1 aromatic carbocycles. The molecule has 1 aliphatic heterocycles. The lowest BCUT2D eigenvalue weighted by molar-refractivity contribution is -0.127. The molecule has 2 N–H and O–H groups in total. The van der Waals surface area contributed by atoms with Gasteiger partial charge >= 0.3 is 6.03 Å². The highest BCUT2D eigenvalue weighted by molar-refractivity contribution is 5.87. The van der Waals surface area contributed by atoms with E-state index >= 15 is 0 Å². The van der Waals surface area contributed by atoms with Crippen LogP contribution in [0.15, 0.2) is 53.1 Å². The van der Waals surface area contributed by atoms with Crippen molar-refractivity contribution in [2.24, 2.45) is 0 Å². The van der Waals surface area contributed by atoms with Crippen LogP contribution in [-0.4, -0.2) is 54.0 Å². The van der Waals surface area contributed by atoms with E-state index in [1.165, 1.54) is 5.56 Å². The number of nitrogens with zero attached hydrogens (tertiary/aromatic N) is 2. The van der Waals surface area contributed by atoms with E-state index in [4.69, 9.17) is 4.42 Å². The number of hydrogen-bond acceptors (Lipinski definition) is 4. The van der Waals surface area contributed by atoms with Crippen LogP contribution >= 0.6 is 0 Å². The number of nitrogens with one attached hydrogen (secondary N) is 2. The lowest BCUT2D eigenvalue weighted by atomic mass is 10.1. The van der Waals surface area contributed by atoms with Crippen molar-refractivity contribution in [1.82, 2.24) is 20.4 Å². The maximum atomic E-state index is 12.8. The molecule has 1 aromatic heterocycles. The Morgan fingerprint density at radius 1 is 1.11 bits per heavy atom. The van der Waals surface area contributed by atoms with Crippen molar-refractivity contribution in [3.8, 4) is 0 Å². The van der Waals surface area contributed by atoms with Gasteiger partial charge in [0.2, 0.25) is 5.91 Å². The van der Waals surface area contributed by atoms with Crippen molar-refractivity contribution in [3.05, 3.63) is 60.1 Å².